The zero-order chi connectivity index (χ0) is 17.4. The molecule has 0 N–H and O–H groups in total. The summed E-state index contributed by atoms with van der Waals surface area (Å²) < 4.78 is 14.5. The molecule has 1 aromatic carbocycles. The van der Waals surface area contributed by atoms with Gasteiger partial charge in [-0.3, -0.25) is 19.2 Å². The number of esters is 3. The molecule has 0 aliphatic rings. The fourth-order valence-corrected chi connectivity index (χ4v) is 1.83. The predicted octanol–water partition coefficient (Wildman–Crippen LogP) is 1.54. The van der Waals surface area contributed by atoms with Crippen LogP contribution in [-0.2, 0) is 23.9 Å². The van der Waals surface area contributed by atoms with Crippen molar-refractivity contribution in [2.24, 2.45) is 5.92 Å². The number of Topliss-reactive ketones (excluding diaryl/α,β-unsaturated/α-hetero) is 1. The van der Waals surface area contributed by atoms with E-state index in [1.807, 2.05) is 0 Å². The number of carbonyl (C=O) groups excluding carboxylic acids is 4. The molecule has 0 saturated carbocycles. The maximum atomic E-state index is 12.6. The van der Waals surface area contributed by atoms with E-state index in [-0.39, 0.29) is 24.5 Å². The van der Waals surface area contributed by atoms with Gasteiger partial charge in [-0.25, -0.2) is 0 Å². The van der Waals surface area contributed by atoms with Crippen molar-refractivity contribution >= 4 is 23.7 Å². The first-order valence-corrected chi connectivity index (χ1v) is 7.07. The molecule has 124 valence electrons. The highest BCUT2D eigenvalue weighted by Gasteiger charge is 2.38. The SMILES string of the molecule is CCOC(=O)C(C(=O)OCC)C(=O)c1ccccc1OC(C)=O. The molecule has 0 radical (unpaired) electrons. The number of rotatable bonds is 7. The van der Waals surface area contributed by atoms with E-state index in [0.29, 0.717) is 0 Å². The van der Waals surface area contributed by atoms with E-state index in [1.165, 1.54) is 25.1 Å². The van der Waals surface area contributed by atoms with Crippen LogP contribution in [0.25, 0.3) is 0 Å². The molecule has 0 aromatic heterocycles. The van der Waals surface area contributed by atoms with Crippen molar-refractivity contribution in [2.75, 3.05) is 13.2 Å². The zero-order valence-electron chi connectivity index (χ0n) is 13.2. The molecular weight excluding hydrogens is 304 g/mol. The van der Waals surface area contributed by atoms with E-state index in [9.17, 15) is 19.2 Å². The summed E-state index contributed by atoms with van der Waals surface area (Å²) in [4.78, 5) is 47.6. The van der Waals surface area contributed by atoms with Gasteiger partial charge < -0.3 is 14.2 Å². The third kappa shape index (κ3) is 4.91. The number of hydrogen-bond donors (Lipinski definition) is 0. The Labute approximate surface area is 133 Å². The van der Waals surface area contributed by atoms with E-state index in [2.05, 4.69) is 0 Å². The van der Waals surface area contributed by atoms with Gasteiger partial charge in [0.05, 0.1) is 18.8 Å². The van der Waals surface area contributed by atoms with E-state index >= 15 is 0 Å². The van der Waals surface area contributed by atoms with Crippen LogP contribution in [0.4, 0.5) is 0 Å². The molecule has 0 bridgehead atoms. The highest BCUT2D eigenvalue weighted by Crippen LogP contribution is 2.23. The standard InChI is InChI=1S/C16H18O7/c1-4-21-15(19)13(16(20)22-5-2)14(18)11-8-6-7-9-12(11)23-10(3)17/h6-9,13H,4-5H2,1-3H3. The van der Waals surface area contributed by atoms with E-state index in [0.717, 1.165) is 0 Å². The van der Waals surface area contributed by atoms with Gasteiger partial charge in [-0.1, -0.05) is 12.1 Å². The molecular formula is C16H18O7. The molecule has 0 amide bonds. The Balaban J connectivity index is 3.21. The first-order valence-electron chi connectivity index (χ1n) is 7.07. The van der Waals surface area contributed by atoms with Crippen molar-refractivity contribution in [1.29, 1.82) is 0 Å². The summed E-state index contributed by atoms with van der Waals surface area (Å²) in [6.45, 7) is 4.30. The zero-order valence-corrected chi connectivity index (χ0v) is 13.2. The van der Waals surface area contributed by atoms with Gasteiger partial charge in [0, 0.05) is 6.92 Å². The summed E-state index contributed by atoms with van der Waals surface area (Å²) >= 11 is 0. The summed E-state index contributed by atoms with van der Waals surface area (Å²) in [6.07, 6.45) is 0. The molecule has 1 aromatic rings. The molecule has 0 atom stereocenters. The number of para-hydroxylation sites is 1. The molecule has 7 heteroatoms. The third-order valence-corrected chi connectivity index (χ3v) is 2.71. The van der Waals surface area contributed by atoms with Crippen LogP contribution >= 0.6 is 0 Å². The molecule has 0 unspecified atom stereocenters. The van der Waals surface area contributed by atoms with Gasteiger partial charge in [-0.15, -0.1) is 0 Å². The fraction of sp³-hybridized carbons (Fsp3) is 0.375. The molecule has 0 heterocycles. The quantitative estimate of drug-likeness (QED) is 0.325. The average Bonchev–Trinajstić information content (AvgIpc) is 2.47. The Kier molecular flexibility index (Phi) is 6.92. The maximum absolute atomic E-state index is 12.6. The van der Waals surface area contributed by atoms with E-state index in [1.54, 1.807) is 19.9 Å². The minimum absolute atomic E-state index is 0.00755. The Morgan fingerprint density at radius 2 is 1.48 bits per heavy atom. The second-order valence-corrected chi connectivity index (χ2v) is 4.39. The van der Waals surface area contributed by atoms with Crippen LogP contribution in [0.3, 0.4) is 0 Å². The van der Waals surface area contributed by atoms with Crippen LogP contribution in [0.1, 0.15) is 31.1 Å². The Morgan fingerprint density at radius 3 is 1.96 bits per heavy atom. The minimum Gasteiger partial charge on any atom is -0.465 e. The van der Waals surface area contributed by atoms with Crippen molar-refractivity contribution in [3.63, 3.8) is 0 Å². The molecule has 23 heavy (non-hydrogen) atoms. The van der Waals surface area contributed by atoms with Crippen LogP contribution in [0.15, 0.2) is 24.3 Å². The van der Waals surface area contributed by atoms with Crippen molar-refractivity contribution in [3.8, 4) is 5.75 Å². The second kappa shape index (κ2) is 8.67. The molecule has 0 spiro atoms. The number of benzene rings is 1. The van der Waals surface area contributed by atoms with Gasteiger partial charge in [-0.2, -0.15) is 0 Å². The van der Waals surface area contributed by atoms with Crippen molar-refractivity contribution in [2.45, 2.75) is 20.8 Å². The van der Waals surface area contributed by atoms with Crippen LogP contribution in [0.5, 0.6) is 5.75 Å². The Morgan fingerprint density at radius 1 is 0.957 bits per heavy atom. The number of ketones is 1. The second-order valence-electron chi connectivity index (χ2n) is 4.39. The lowest BCUT2D eigenvalue weighted by Gasteiger charge is -2.15. The normalized spacial score (nSPS) is 10.1. The Hall–Kier alpha value is -2.70. The number of hydrogen-bond acceptors (Lipinski definition) is 7. The average molecular weight is 322 g/mol. The van der Waals surface area contributed by atoms with Gasteiger partial charge in [0.1, 0.15) is 5.75 Å². The topological polar surface area (TPSA) is 96.0 Å². The highest BCUT2D eigenvalue weighted by molar-refractivity contribution is 6.21. The number of carbonyl (C=O) groups is 4. The van der Waals surface area contributed by atoms with Crippen molar-refractivity contribution in [1.82, 2.24) is 0 Å². The highest BCUT2D eigenvalue weighted by atomic mass is 16.6. The lowest BCUT2D eigenvalue weighted by molar-refractivity contribution is -0.158. The molecule has 7 nitrogen and oxygen atoms in total. The third-order valence-electron chi connectivity index (χ3n) is 2.71. The molecule has 0 aliphatic heterocycles. The summed E-state index contributed by atoms with van der Waals surface area (Å²) in [5.41, 5.74) is -0.0752. The van der Waals surface area contributed by atoms with Crippen LogP contribution in [-0.4, -0.2) is 36.9 Å². The van der Waals surface area contributed by atoms with Crippen LogP contribution in [0, 0.1) is 5.92 Å². The molecule has 0 saturated heterocycles. The van der Waals surface area contributed by atoms with Crippen molar-refractivity contribution < 1.29 is 33.4 Å². The van der Waals surface area contributed by atoms with Crippen LogP contribution in [0.2, 0.25) is 0 Å². The predicted molar refractivity (Wildman–Crippen MR) is 78.8 cm³/mol. The van der Waals surface area contributed by atoms with Gasteiger partial charge in [-0.05, 0) is 26.0 Å². The minimum atomic E-state index is -1.76. The van der Waals surface area contributed by atoms with Gasteiger partial charge in [0.15, 0.2) is 5.78 Å². The fourth-order valence-electron chi connectivity index (χ4n) is 1.83. The molecule has 0 fully saturated rings. The smallest absolute Gasteiger partial charge is 0.328 e. The Bertz CT molecular complexity index is 588. The summed E-state index contributed by atoms with van der Waals surface area (Å²) in [5.74, 6) is -5.29. The molecule has 0 aliphatic carbocycles. The lowest BCUT2D eigenvalue weighted by Crippen LogP contribution is -2.35. The first-order chi connectivity index (χ1) is 10.9. The first kappa shape index (κ1) is 18.3. The maximum Gasteiger partial charge on any atom is 0.328 e. The van der Waals surface area contributed by atoms with Crippen LogP contribution < -0.4 is 4.74 Å². The monoisotopic (exact) mass is 322 g/mol. The van der Waals surface area contributed by atoms with Gasteiger partial charge >= 0.3 is 17.9 Å². The summed E-state index contributed by atoms with van der Waals surface area (Å²) in [6, 6.07) is 5.82. The van der Waals surface area contributed by atoms with Gasteiger partial charge in [0.25, 0.3) is 0 Å². The number of ether oxygens (including phenoxy) is 3. The summed E-state index contributed by atoms with van der Waals surface area (Å²) in [5, 5.41) is 0. The van der Waals surface area contributed by atoms with E-state index in [4.69, 9.17) is 14.2 Å². The van der Waals surface area contributed by atoms with Crippen molar-refractivity contribution in [3.05, 3.63) is 29.8 Å². The lowest BCUT2D eigenvalue weighted by atomic mass is 9.97. The molecule has 1 rings (SSSR count). The van der Waals surface area contributed by atoms with Gasteiger partial charge in [0.2, 0.25) is 5.92 Å². The van der Waals surface area contributed by atoms with E-state index < -0.39 is 29.6 Å². The summed E-state index contributed by atoms with van der Waals surface area (Å²) in [7, 11) is 0. The largest absolute Gasteiger partial charge is 0.465 e.